The first-order valence-electron chi connectivity index (χ1n) is 7.93. The smallest absolute Gasteiger partial charge is 0.344 e. The number of H-pyrrole nitrogens is 1. The van der Waals surface area contributed by atoms with Crippen molar-refractivity contribution in [2.75, 3.05) is 6.61 Å². The van der Waals surface area contributed by atoms with Crippen LogP contribution in [0, 0.1) is 13.8 Å². The highest BCUT2D eigenvalue weighted by Crippen LogP contribution is 2.27. The molecule has 0 radical (unpaired) electrons. The van der Waals surface area contributed by atoms with Gasteiger partial charge in [-0.05, 0) is 44.5 Å². The van der Waals surface area contributed by atoms with Gasteiger partial charge in [0.2, 0.25) is 0 Å². The summed E-state index contributed by atoms with van der Waals surface area (Å²) in [5.41, 5.74) is 0.706. The number of halogens is 1. The molecule has 0 aliphatic heterocycles. The molecule has 1 N–H and O–H groups in total. The van der Waals surface area contributed by atoms with Crippen LogP contribution in [-0.2, 0) is 9.53 Å². The molecule has 1 atom stereocenters. The van der Waals surface area contributed by atoms with Crippen molar-refractivity contribution in [1.29, 1.82) is 0 Å². The highest BCUT2D eigenvalue weighted by atomic mass is 79.9. The molecular formula is C18H17BrN2O4S. The number of ether oxygens (including phenoxy) is 2. The van der Waals surface area contributed by atoms with Gasteiger partial charge in [-0.15, -0.1) is 11.3 Å². The lowest BCUT2D eigenvalue weighted by Gasteiger charge is -2.13. The molecule has 8 heteroatoms. The molecule has 0 bridgehead atoms. The topological polar surface area (TPSA) is 81.3 Å². The molecule has 1 aromatic carbocycles. The van der Waals surface area contributed by atoms with Crippen LogP contribution < -0.4 is 10.3 Å². The highest BCUT2D eigenvalue weighted by Gasteiger charge is 2.18. The highest BCUT2D eigenvalue weighted by molar-refractivity contribution is 9.10. The molecule has 0 fully saturated rings. The van der Waals surface area contributed by atoms with Gasteiger partial charge in [0.15, 0.2) is 18.5 Å². The van der Waals surface area contributed by atoms with E-state index < -0.39 is 12.1 Å². The van der Waals surface area contributed by atoms with Crippen LogP contribution in [0.1, 0.15) is 29.3 Å². The Balaban J connectivity index is 1.69. The van der Waals surface area contributed by atoms with E-state index in [2.05, 4.69) is 25.9 Å². The second kappa shape index (κ2) is 7.59. The van der Waals surface area contributed by atoms with E-state index in [0.29, 0.717) is 21.8 Å². The van der Waals surface area contributed by atoms with Crippen LogP contribution in [0.5, 0.6) is 5.75 Å². The molecular weight excluding hydrogens is 420 g/mol. The van der Waals surface area contributed by atoms with Gasteiger partial charge < -0.3 is 14.5 Å². The van der Waals surface area contributed by atoms with Crippen molar-refractivity contribution < 1.29 is 14.3 Å². The maximum absolute atomic E-state index is 12.3. The number of aromatic nitrogens is 2. The molecule has 3 rings (SSSR count). The Labute approximate surface area is 162 Å². The van der Waals surface area contributed by atoms with Gasteiger partial charge in [-0.1, -0.05) is 22.0 Å². The first-order valence-corrected chi connectivity index (χ1v) is 9.54. The molecule has 0 spiro atoms. The van der Waals surface area contributed by atoms with E-state index in [1.807, 2.05) is 26.0 Å². The summed E-state index contributed by atoms with van der Waals surface area (Å²) in [6.45, 7) is 5.27. The van der Waals surface area contributed by atoms with Crippen LogP contribution >= 0.6 is 27.3 Å². The van der Waals surface area contributed by atoms with Gasteiger partial charge in [0.05, 0.1) is 5.39 Å². The first kappa shape index (κ1) is 18.6. The van der Waals surface area contributed by atoms with Crippen molar-refractivity contribution in [3.05, 3.63) is 55.4 Å². The lowest BCUT2D eigenvalue weighted by atomic mass is 10.2. The zero-order valence-electron chi connectivity index (χ0n) is 14.5. The van der Waals surface area contributed by atoms with Crippen LogP contribution in [-0.4, -0.2) is 22.5 Å². The van der Waals surface area contributed by atoms with Crippen molar-refractivity contribution in [2.45, 2.75) is 26.9 Å². The van der Waals surface area contributed by atoms with Gasteiger partial charge in [-0.25, -0.2) is 9.78 Å². The van der Waals surface area contributed by atoms with Crippen LogP contribution in [0.2, 0.25) is 0 Å². The molecule has 2 aromatic heterocycles. The largest absolute Gasteiger partial charge is 0.482 e. The number of aryl methyl sites for hydroxylation is 2. The third-order valence-corrected chi connectivity index (χ3v) is 5.50. The van der Waals surface area contributed by atoms with Gasteiger partial charge in [-0.3, -0.25) is 4.79 Å². The minimum Gasteiger partial charge on any atom is -0.482 e. The second-order valence-corrected chi connectivity index (χ2v) is 7.91. The molecule has 136 valence electrons. The molecule has 0 aliphatic carbocycles. The minimum atomic E-state index is -0.687. The van der Waals surface area contributed by atoms with Crippen molar-refractivity contribution in [3.8, 4) is 5.75 Å². The monoisotopic (exact) mass is 436 g/mol. The lowest BCUT2D eigenvalue weighted by molar-refractivity contribution is -0.151. The minimum absolute atomic E-state index is 0.222. The maximum Gasteiger partial charge on any atom is 0.344 e. The Morgan fingerprint density at radius 1 is 1.38 bits per heavy atom. The van der Waals surface area contributed by atoms with E-state index in [4.69, 9.17) is 9.47 Å². The van der Waals surface area contributed by atoms with E-state index in [1.165, 1.54) is 11.3 Å². The summed E-state index contributed by atoms with van der Waals surface area (Å²) < 4.78 is 11.6. The molecule has 1 unspecified atom stereocenters. The molecule has 0 amide bonds. The predicted octanol–water partition coefficient (Wildman–Crippen LogP) is 4.05. The van der Waals surface area contributed by atoms with Crippen LogP contribution in [0.25, 0.3) is 10.2 Å². The van der Waals surface area contributed by atoms with Gasteiger partial charge in [0, 0.05) is 9.35 Å². The number of carbonyl (C=O) groups is 1. The zero-order valence-corrected chi connectivity index (χ0v) is 16.9. The van der Waals surface area contributed by atoms with Gasteiger partial charge in [-0.2, -0.15) is 0 Å². The van der Waals surface area contributed by atoms with Crippen LogP contribution in [0.4, 0.5) is 0 Å². The number of benzene rings is 1. The Kier molecular flexibility index (Phi) is 5.43. The number of fused-ring (bicyclic) bond motifs is 1. The number of hydrogen-bond donors (Lipinski definition) is 1. The number of thiophene rings is 1. The van der Waals surface area contributed by atoms with Crippen molar-refractivity contribution in [1.82, 2.24) is 9.97 Å². The summed E-state index contributed by atoms with van der Waals surface area (Å²) in [5, 5.41) is 0.591. The third kappa shape index (κ3) is 3.96. The number of esters is 1. The fourth-order valence-electron chi connectivity index (χ4n) is 2.45. The average Bonchev–Trinajstić information content (AvgIpc) is 2.87. The molecule has 26 heavy (non-hydrogen) atoms. The average molecular weight is 437 g/mol. The Bertz CT molecular complexity index is 1030. The normalized spacial score (nSPS) is 12.2. The van der Waals surface area contributed by atoms with Crippen molar-refractivity contribution >= 4 is 43.5 Å². The number of hydrogen-bond acceptors (Lipinski definition) is 6. The standard InChI is InChI=1S/C18H17BrN2O4S/c1-9-11(3)26-18-15(9)17(23)20-16(21-18)10(2)25-14(22)8-24-13-6-4-5-12(19)7-13/h4-7,10H,8H2,1-3H3,(H,20,21,23). The summed E-state index contributed by atoms with van der Waals surface area (Å²) in [4.78, 5) is 33.2. The summed E-state index contributed by atoms with van der Waals surface area (Å²) in [6, 6.07) is 7.17. The summed E-state index contributed by atoms with van der Waals surface area (Å²) >= 11 is 4.79. The van der Waals surface area contributed by atoms with Crippen molar-refractivity contribution in [3.63, 3.8) is 0 Å². The third-order valence-electron chi connectivity index (χ3n) is 3.90. The SMILES string of the molecule is Cc1sc2nc(C(C)OC(=O)COc3cccc(Br)c3)[nH]c(=O)c2c1C. The van der Waals surface area contributed by atoms with Crippen LogP contribution in [0.3, 0.4) is 0 Å². The Morgan fingerprint density at radius 3 is 2.88 bits per heavy atom. The van der Waals surface area contributed by atoms with Gasteiger partial charge in [0.25, 0.3) is 5.56 Å². The molecule has 2 heterocycles. The van der Waals surface area contributed by atoms with E-state index >= 15 is 0 Å². The Morgan fingerprint density at radius 2 is 2.15 bits per heavy atom. The Hall–Kier alpha value is -2.19. The fraction of sp³-hybridized carbons (Fsp3) is 0.278. The number of nitrogens with one attached hydrogen (secondary N) is 1. The van der Waals surface area contributed by atoms with Crippen LogP contribution in [0.15, 0.2) is 33.5 Å². The van der Waals surface area contributed by atoms with Gasteiger partial charge in [0.1, 0.15) is 10.6 Å². The van der Waals surface area contributed by atoms with E-state index in [0.717, 1.165) is 14.9 Å². The fourth-order valence-corrected chi connectivity index (χ4v) is 3.87. The van der Waals surface area contributed by atoms with Gasteiger partial charge >= 0.3 is 5.97 Å². The summed E-state index contributed by atoms with van der Waals surface area (Å²) in [6.07, 6.45) is -0.687. The number of nitrogens with zero attached hydrogens (tertiary/aromatic N) is 1. The molecule has 0 saturated heterocycles. The number of rotatable bonds is 5. The number of aromatic amines is 1. The number of carbonyl (C=O) groups excluding carboxylic acids is 1. The predicted molar refractivity (Wildman–Crippen MR) is 104 cm³/mol. The summed E-state index contributed by atoms with van der Waals surface area (Å²) in [5.74, 6) is 0.333. The quantitative estimate of drug-likeness (QED) is 0.610. The summed E-state index contributed by atoms with van der Waals surface area (Å²) in [7, 11) is 0. The van der Waals surface area contributed by atoms with E-state index in [-0.39, 0.29) is 12.2 Å². The molecule has 3 aromatic rings. The maximum atomic E-state index is 12.3. The zero-order chi connectivity index (χ0) is 18.8. The second-order valence-electron chi connectivity index (χ2n) is 5.79. The van der Waals surface area contributed by atoms with Crippen molar-refractivity contribution in [2.24, 2.45) is 0 Å². The molecule has 0 aliphatic rings. The molecule has 0 saturated carbocycles. The van der Waals surface area contributed by atoms with E-state index in [1.54, 1.807) is 19.1 Å². The lowest BCUT2D eigenvalue weighted by Crippen LogP contribution is -2.20. The molecule has 6 nitrogen and oxygen atoms in total. The first-order chi connectivity index (χ1) is 12.3. The van der Waals surface area contributed by atoms with E-state index in [9.17, 15) is 9.59 Å².